The highest BCUT2D eigenvalue weighted by atomic mass is 35.5. The van der Waals surface area contributed by atoms with Crippen LogP contribution in [0.1, 0.15) is 38.3 Å². The molecule has 1 aliphatic rings. The summed E-state index contributed by atoms with van der Waals surface area (Å²) < 4.78 is 5.28. The predicted molar refractivity (Wildman–Crippen MR) is 127 cm³/mol. The van der Waals surface area contributed by atoms with Gasteiger partial charge in [-0.25, -0.2) is 4.79 Å². The van der Waals surface area contributed by atoms with Gasteiger partial charge < -0.3 is 15.8 Å². The number of hydrogen-bond acceptors (Lipinski definition) is 5. The van der Waals surface area contributed by atoms with Crippen molar-refractivity contribution in [3.05, 3.63) is 58.6 Å². The molecule has 3 rings (SSSR count). The molecule has 3 N–H and O–H groups in total. The van der Waals surface area contributed by atoms with E-state index in [9.17, 15) is 14.4 Å². The molecule has 0 aliphatic carbocycles. The average molecular weight is 473 g/mol. The first-order valence-corrected chi connectivity index (χ1v) is 11.0. The lowest BCUT2D eigenvalue weighted by atomic mass is 10.1. The first-order valence-electron chi connectivity index (χ1n) is 10.6. The van der Waals surface area contributed by atoms with E-state index in [4.69, 9.17) is 22.1 Å². The Hall–Kier alpha value is -3.10. The minimum Gasteiger partial charge on any atom is -0.444 e. The van der Waals surface area contributed by atoms with Gasteiger partial charge >= 0.3 is 6.09 Å². The molecule has 0 aromatic heterocycles. The maximum Gasteiger partial charge on any atom is 0.407 e. The third-order valence-corrected chi connectivity index (χ3v) is 5.37. The third-order valence-electron chi connectivity index (χ3n) is 5.14. The molecular formula is C24H29ClN4O4. The summed E-state index contributed by atoms with van der Waals surface area (Å²) in [5.74, 6) is -0.825. The summed E-state index contributed by atoms with van der Waals surface area (Å²) in [6.07, 6.45) is -0.630. The number of carbonyl (C=O) groups is 3. The van der Waals surface area contributed by atoms with Crippen molar-refractivity contribution < 1.29 is 19.1 Å². The molecule has 1 atom stereocenters. The van der Waals surface area contributed by atoms with Crippen LogP contribution < -0.4 is 16.0 Å². The van der Waals surface area contributed by atoms with Crippen molar-refractivity contribution >= 4 is 40.9 Å². The van der Waals surface area contributed by atoms with Crippen LogP contribution in [0.15, 0.2) is 42.5 Å². The number of rotatable bonds is 5. The molecule has 1 unspecified atom stereocenters. The van der Waals surface area contributed by atoms with Gasteiger partial charge in [-0.2, -0.15) is 0 Å². The summed E-state index contributed by atoms with van der Waals surface area (Å²) in [5, 5.41) is 3.28. The number of primary amides is 1. The fourth-order valence-corrected chi connectivity index (χ4v) is 3.92. The van der Waals surface area contributed by atoms with Gasteiger partial charge in [0.05, 0.1) is 18.2 Å². The van der Waals surface area contributed by atoms with Crippen LogP contribution in [-0.2, 0) is 27.4 Å². The van der Waals surface area contributed by atoms with Crippen molar-refractivity contribution in [2.24, 2.45) is 5.73 Å². The quantitative estimate of drug-likeness (QED) is 0.690. The Balaban J connectivity index is 1.95. The fourth-order valence-electron chi connectivity index (χ4n) is 3.73. The molecule has 2 aromatic rings. The molecule has 0 saturated carbocycles. The van der Waals surface area contributed by atoms with Crippen LogP contribution in [0.25, 0.3) is 0 Å². The zero-order valence-corrected chi connectivity index (χ0v) is 20.0. The number of alkyl carbamates (subject to hydrolysis) is 1. The van der Waals surface area contributed by atoms with Gasteiger partial charge in [0, 0.05) is 23.8 Å². The van der Waals surface area contributed by atoms with Crippen molar-refractivity contribution in [3.8, 4) is 0 Å². The fraction of sp³-hybridized carbons (Fsp3) is 0.375. The zero-order chi connectivity index (χ0) is 24.3. The van der Waals surface area contributed by atoms with E-state index in [1.807, 2.05) is 24.3 Å². The number of nitrogens with one attached hydrogen (secondary N) is 1. The van der Waals surface area contributed by atoms with Crippen LogP contribution in [0.5, 0.6) is 0 Å². The average Bonchev–Trinajstić information content (AvgIpc) is 2.80. The SMILES string of the molecule is CN1Cc2cc(Cl)ccc2N(c2cccc(CNC(=O)OC(C)(C)C)c2)C(=O)C1CC(N)=O. The van der Waals surface area contributed by atoms with Crippen molar-refractivity contribution in [2.75, 3.05) is 11.9 Å². The topological polar surface area (TPSA) is 105 Å². The van der Waals surface area contributed by atoms with E-state index >= 15 is 0 Å². The van der Waals surface area contributed by atoms with Crippen molar-refractivity contribution in [2.45, 2.75) is 51.9 Å². The normalized spacial score (nSPS) is 16.7. The van der Waals surface area contributed by atoms with E-state index in [1.165, 1.54) is 0 Å². The maximum absolute atomic E-state index is 13.6. The van der Waals surface area contributed by atoms with Crippen LogP contribution >= 0.6 is 11.6 Å². The monoisotopic (exact) mass is 472 g/mol. The Kier molecular flexibility index (Phi) is 7.29. The number of ether oxygens (including phenoxy) is 1. The summed E-state index contributed by atoms with van der Waals surface area (Å²) in [6.45, 7) is 6.03. The van der Waals surface area contributed by atoms with Crippen LogP contribution in [0.4, 0.5) is 16.2 Å². The molecule has 0 bridgehead atoms. The third kappa shape index (κ3) is 6.24. The molecule has 2 aromatic carbocycles. The van der Waals surface area contributed by atoms with Gasteiger partial charge in [0.1, 0.15) is 5.60 Å². The molecule has 33 heavy (non-hydrogen) atoms. The standard InChI is InChI=1S/C24H29ClN4O4/c1-24(2,3)33-23(32)27-13-15-6-5-7-18(10-15)29-19-9-8-17(25)11-16(19)14-28(4)20(22(29)31)12-21(26)30/h5-11,20H,12-14H2,1-4H3,(H2,26,30)(H,27,32). The number of halogens is 1. The van der Waals surface area contributed by atoms with Gasteiger partial charge in [-0.1, -0.05) is 23.7 Å². The van der Waals surface area contributed by atoms with E-state index < -0.39 is 23.6 Å². The van der Waals surface area contributed by atoms with E-state index in [0.29, 0.717) is 22.9 Å². The van der Waals surface area contributed by atoms with Gasteiger partial charge in [-0.05, 0) is 69.3 Å². The first-order chi connectivity index (χ1) is 15.4. The zero-order valence-electron chi connectivity index (χ0n) is 19.2. The summed E-state index contributed by atoms with van der Waals surface area (Å²) in [7, 11) is 1.78. The molecule has 0 saturated heterocycles. The molecule has 8 nitrogen and oxygen atoms in total. The number of amides is 3. The van der Waals surface area contributed by atoms with E-state index in [0.717, 1.165) is 11.1 Å². The van der Waals surface area contributed by atoms with Gasteiger partial charge in [-0.15, -0.1) is 0 Å². The lowest BCUT2D eigenvalue weighted by Gasteiger charge is -2.28. The highest BCUT2D eigenvalue weighted by Crippen LogP contribution is 2.36. The van der Waals surface area contributed by atoms with E-state index in [-0.39, 0.29) is 18.9 Å². The Labute approximate surface area is 198 Å². The predicted octanol–water partition coefficient (Wildman–Crippen LogP) is 3.72. The highest BCUT2D eigenvalue weighted by Gasteiger charge is 2.35. The molecule has 1 heterocycles. The minimum absolute atomic E-state index is 0.104. The summed E-state index contributed by atoms with van der Waals surface area (Å²) >= 11 is 6.22. The van der Waals surface area contributed by atoms with Crippen LogP contribution in [0.3, 0.4) is 0 Å². The van der Waals surface area contributed by atoms with E-state index in [2.05, 4.69) is 5.32 Å². The number of benzene rings is 2. The van der Waals surface area contributed by atoms with Crippen molar-refractivity contribution in [1.29, 1.82) is 0 Å². The van der Waals surface area contributed by atoms with Gasteiger partial charge in [-0.3, -0.25) is 19.4 Å². The lowest BCUT2D eigenvalue weighted by Crippen LogP contribution is -2.45. The number of nitrogens with zero attached hydrogens (tertiary/aromatic N) is 2. The Morgan fingerprint density at radius 2 is 1.94 bits per heavy atom. The van der Waals surface area contributed by atoms with Crippen LogP contribution in [0, 0.1) is 0 Å². The summed E-state index contributed by atoms with van der Waals surface area (Å²) in [5.41, 5.74) is 7.76. The summed E-state index contributed by atoms with van der Waals surface area (Å²) in [4.78, 5) is 40.7. The minimum atomic E-state index is -0.725. The van der Waals surface area contributed by atoms with Gasteiger partial charge in [0.2, 0.25) is 11.8 Å². The molecule has 0 fully saturated rings. The van der Waals surface area contributed by atoms with E-state index in [1.54, 1.807) is 55.8 Å². The second-order valence-corrected chi connectivity index (χ2v) is 9.51. The molecule has 0 radical (unpaired) electrons. The lowest BCUT2D eigenvalue weighted by molar-refractivity contribution is -0.127. The second kappa shape index (κ2) is 9.80. The maximum atomic E-state index is 13.6. The molecule has 3 amide bonds. The van der Waals surface area contributed by atoms with Crippen LogP contribution in [-0.4, -0.2) is 41.5 Å². The number of hydrogen-bond donors (Lipinski definition) is 2. The van der Waals surface area contributed by atoms with Gasteiger partial charge in [0.15, 0.2) is 0 Å². The Morgan fingerprint density at radius 3 is 2.61 bits per heavy atom. The smallest absolute Gasteiger partial charge is 0.407 e. The van der Waals surface area contributed by atoms with Crippen molar-refractivity contribution in [1.82, 2.24) is 10.2 Å². The Morgan fingerprint density at radius 1 is 1.21 bits per heavy atom. The number of likely N-dealkylation sites (N-methyl/N-ethyl adjacent to an activating group) is 1. The largest absolute Gasteiger partial charge is 0.444 e. The molecular weight excluding hydrogens is 444 g/mol. The first kappa shape index (κ1) is 24.5. The van der Waals surface area contributed by atoms with Crippen LogP contribution in [0.2, 0.25) is 5.02 Å². The number of carbonyl (C=O) groups excluding carboxylic acids is 3. The second-order valence-electron chi connectivity index (χ2n) is 9.07. The molecule has 9 heteroatoms. The Bertz CT molecular complexity index is 1070. The number of anilines is 2. The highest BCUT2D eigenvalue weighted by molar-refractivity contribution is 6.30. The number of fused-ring (bicyclic) bond motifs is 1. The molecule has 1 aliphatic heterocycles. The summed E-state index contributed by atoms with van der Waals surface area (Å²) in [6, 6.07) is 11.9. The number of nitrogens with two attached hydrogens (primary N) is 1. The molecule has 176 valence electrons. The van der Waals surface area contributed by atoms with Crippen molar-refractivity contribution in [3.63, 3.8) is 0 Å². The molecule has 0 spiro atoms. The van der Waals surface area contributed by atoms with Gasteiger partial charge in [0.25, 0.3) is 0 Å².